The standard InChI is InChI=1S/C12H13Cl2N7O6S2/c1-19(2)29(25,26)20-7-16-11(18-20)28(23,24)21(12(22)27-3)17-5-8-4-9(13)6-15-10(8)14/h4-7H,1-3H3/b17-5+. The summed E-state index contributed by atoms with van der Waals surface area (Å²) in [6.45, 7) is 0. The molecule has 0 saturated carbocycles. The highest BCUT2D eigenvalue weighted by atomic mass is 35.5. The van der Waals surface area contributed by atoms with Crippen LogP contribution in [0.2, 0.25) is 10.2 Å². The van der Waals surface area contributed by atoms with Crippen molar-refractivity contribution >= 4 is 55.7 Å². The van der Waals surface area contributed by atoms with Crippen molar-refractivity contribution in [1.29, 1.82) is 0 Å². The van der Waals surface area contributed by atoms with Crippen LogP contribution >= 0.6 is 23.2 Å². The molecule has 0 fully saturated rings. The quantitative estimate of drug-likeness (QED) is 0.321. The average Bonchev–Trinajstić information content (AvgIpc) is 3.16. The Morgan fingerprint density at radius 2 is 1.90 bits per heavy atom. The highest BCUT2D eigenvalue weighted by molar-refractivity contribution is 7.89. The topological polar surface area (TPSA) is 157 Å². The summed E-state index contributed by atoms with van der Waals surface area (Å²) in [6.07, 6.45) is 1.37. The van der Waals surface area contributed by atoms with E-state index in [9.17, 15) is 21.6 Å². The van der Waals surface area contributed by atoms with Crippen molar-refractivity contribution in [2.45, 2.75) is 5.16 Å². The molecule has 0 aliphatic heterocycles. The number of aromatic nitrogens is 4. The van der Waals surface area contributed by atoms with Crippen LogP contribution in [0.15, 0.2) is 28.8 Å². The molecular weight excluding hydrogens is 473 g/mol. The minimum atomic E-state index is -4.83. The largest absolute Gasteiger partial charge is 0.451 e. The zero-order chi connectivity index (χ0) is 22.0. The number of carbonyl (C=O) groups is 1. The highest BCUT2D eigenvalue weighted by Crippen LogP contribution is 2.18. The van der Waals surface area contributed by atoms with E-state index in [0.717, 1.165) is 17.6 Å². The molecule has 2 rings (SSSR count). The first-order chi connectivity index (χ1) is 13.4. The van der Waals surface area contributed by atoms with Crippen LogP contribution in [-0.4, -0.2) is 78.2 Å². The zero-order valence-corrected chi connectivity index (χ0v) is 18.1. The first kappa shape index (κ1) is 23.0. The van der Waals surface area contributed by atoms with E-state index in [1.807, 2.05) is 0 Å². The number of hydrazone groups is 1. The van der Waals surface area contributed by atoms with Crippen molar-refractivity contribution in [3.8, 4) is 0 Å². The molecule has 17 heteroatoms. The molecule has 0 bridgehead atoms. The summed E-state index contributed by atoms with van der Waals surface area (Å²) in [7, 11) is -5.64. The summed E-state index contributed by atoms with van der Waals surface area (Å²) in [4.78, 5) is 19.1. The molecule has 0 atom stereocenters. The molecule has 0 aliphatic rings. The normalized spacial score (nSPS) is 12.5. The number of methoxy groups -OCH3 is 1. The fourth-order valence-corrected chi connectivity index (χ4v) is 3.66. The van der Waals surface area contributed by atoms with Gasteiger partial charge in [-0.15, -0.1) is 9.19 Å². The monoisotopic (exact) mass is 485 g/mol. The van der Waals surface area contributed by atoms with Gasteiger partial charge in [-0.2, -0.15) is 26.2 Å². The molecule has 2 aromatic rings. The minimum absolute atomic E-state index is 0.0696. The number of halogens is 2. The molecule has 13 nitrogen and oxygen atoms in total. The number of rotatable bonds is 6. The summed E-state index contributed by atoms with van der Waals surface area (Å²) in [6, 6.07) is 1.32. The van der Waals surface area contributed by atoms with Crippen molar-refractivity contribution < 1.29 is 26.4 Å². The predicted molar refractivity (Wildman–Crippen MR) is 101 cm³/mol. The molecule has 0 aromatic carbocycles. The summed E-state index contributed by atoms with van der Waals surface area (Å²) in [5.41, 5.74) is 0.0944. The number of hydrogen-bond donors (Lipinski definition) is 0. The van der Waals surface area contributed by atoms with Crippen LogP contribution in [0.4, 0.5) is 4.79 Å². The number of nitrogens with zero attached hydrogens (tertiary/aromatic N) is 7. The van der Waals surface area contributed by atoms with Gasteiger partial charge in [0.2, 0.25) is 0 Å². The van der Waals surface area contributed by atoms with Gasteiger partial charge in [-0.25, -0.2) is 14.8 Å². The van der Waals surface area contributed by atoms with Gasteiger partial charge in [0.25, 0.3) is 5.16 Å². The number of sulfonamides is 1. The van der Waals surface area contributed by atoms with E-state index in [-0.39, 0.29) is 20.2 Å². The molecule has 1 amide bonds. The van der Waals surface area contributed by atoms with Crippen LogP contribution in [0.5, 0.6) is 0 Å². The van der Waals surface area contributed by atoms with Gasteiger partial charge in [0.05, 0.1) is 18.3 Å². The van der Waals surface area contributed by atoms with Crippen molar-refractivity contribution in [2.75, 3.05) is 21.2 Å². The van der Waals surface area contributed by atoms with Crippen molar-refractivity contribution in [3.63, 3.8) is 0 Å². The van der Waals surface area contributed by atoms with Crippen molar-refractivity contribution in [3.05, 3.63) is 34.3 Å². The fourth-order valence-electron chi connectivity index (χ4n) is 1.64. The summed E-state index contributed by atoms with van der Waals surface area (Å²) >= 11 is 11.7. The second kappa shape index (κ2) is 8.58. The Morgan fingerprint density at radius 1 is 1.24 bits per heavy atom. The number of hydrogen-bond acceptors (Lipinski definition) is 10. The third-order valence-corrected chi connectivity index (χ3v) is 6.51. The van der Waals surface area contributed by atoms with Crippen molar-refractivity contribution in [1.82, 2.24) is 27.9 Å². The SMILES string of the molecule is COC(=O)N(/N=C/c1cc(Cl)cnc1Cl)S(=O)(=O)c1ncn(S(=O)(=O)N(C)C)n1. The van der Waals surface area contributed by atoms with Crippen LogP contribution in [-0.2, 0) is 25.0 Å². The Balaban J connectivity index is 2.50. The molecule has 2 aromatic heterocycles. The smallest absolute Gasteiger partial charge is 0.445 e. The second-order valence-corrected chi connectivity index (χ2v) is 9.64. The molecule has 0 unspecified atom stereocenters. The Bertz CT molecular complexity index is 1160. The van der Waals surface area contributed by atoms with E-state index in [2.05, 4.69) is 24.9 Å². The van der Waals surface area contributed by atoms with Gasteiger partial charge in [-0.05, 0) is 6.07 Å². The maximum atomic E-state index is 12.7. The lowest BCUT2D eigenvalue weighted by Crippen LogP contribution is -2.34. The lowest BCUT2D eigenvalue weighted by atomic mass is 10.3. The van der Waals surface area contributed by atoms with Crippen LogP contribution in [0.25, 0.3) is 0 Å². The van der Waals surface area contributed by atoms with Crippen LogP contribution < -0.4 is 0 Å². The number of carbonyl (C=O) groups excluding carboxylic acids is 1. The maximum absolute atomic E-state index is 12.7. The van der Waals surface area contributed by atoms with E-state index in [1.165, 1.54) is 26.4 Å². The molecule has 0 aliphatic carbocycles. The van der Waals surface area contributed by atoms with E-state index < -0.39 is 31.5 Å². The Hall–Kier alpha value is -2.33. The number of ether oxygens (including phenoxy) is 1. The Labute approximate surface area is 175 Å². The Kier molecular flexibility index (Phi) is 6.79. The van der Waals surface area contributed by atoms with E-state index in [0.29, 0.717) is 10.4 Å². The molecule has 29 heavy (non-hydrogen) atoms. The van der Waals surface area contributed by atoms with Gasteiger partial charge in [-0.3, -0.25) is 0 Å². The van der Waals surface area contributed by atoms with Crippen LogP contribution in [0.1, 0.15) is 5.56 Å². The fraction of sp³-hybridized carbons (Fsp3) is 0.250. The average molecular weight is 486 g/mol. The summed E-state index contributed by atoms with van der Waals surface area (Å²) in [5.74, 6) is 0. The van der Waals surface area contributed by atoms with Crippen molar-refractivity contribution in [2.24, 2.45) is 5.10 Å². The number of pyridine rings is 1. The molecule has 2 heterocycles. The maximum Gasteiger partial charge on any atom is 0.445 e. The second-order valence-electron chi connectivity index (χ2n) is 5.19. The molecular formula is C12H13Cl2N7O6S2. The third kappa shape index (κ3) is 4.81. The highest BCUT2D eigenvalue weighted by Gasteiger charge is 2.35. The lowest BCUT2D eigenvalue weighted by molar-refractivity contribution is 0.150. The lowest BCUT2D eigenvalue weighted by Gasteiger charge is -2.13. The van der Waals surface area contributed by atoms with Gasteiger partial charge in [0, 0.05) is 25.9 Å². The Morgan fingerprint density at radius 3 is 2.48 bits per heavy atom. The molecule has 0 spiro atoms. The van der Waals surface area contributed by atoms with Crippen LogP contribution in [0.3, 0.4) is 0 Å². The van der Waals surface area contributed by atoms with Gasteiger partial charge in [0.15, 0.2) is 0 Å². The van der Waals surface area contributed by atoms with Gasteiger partial charge in [-0.1, -0.05) is 27.6 Å². The van der Waals surface area contributed by atoms with Gasteiger partial charge in [0.1, 0.15) is 11.5 Å². The third-order valence-electron chi connectivity index (χ3n) is 3.07. The zero-order valence-electron chi connectivity index (χ0n) is 15.0. The van der Waals surface area contributed by atoms with E-state index in [1.54, 1.807) is 0 Å². The molecule has 0 N–H and O–H groups in total. The molecule has 0 saturated heterocycles. The first-order valence-electron chi connectivity index (χ1n) is 7.24. The number of amides is 1. The first-order valence-corrected chi connectivity index (χ1v) is 10.8. The summed E-state index contributed by atoms with van der Waals surface area (Å²) < 4.78 is 54.9. The predicted octanol–water partition coefficient (Wildman–Crippen LogP) is 0.426. The van der Waals surface area contributed by atoms with Gasteiger partial charge >= 0.3 is 26.3 Å². The minimum Gasteiger partial charge on any atom is -0.451 e. The van der Waals surface area contributed by atoms with Gasteiger partial charge < -0.3 is 4.74 Å². The van der Waals surface area contributed by atoms with E-state index >= 15 is 0 Å². The molecule has 158 valence electrons. The van der Waals surface area contributed by atoms with Crippen LogP contribution in [0, 0.1) is 0 Å². The van der Waals surface area contributed by atoms with E-state index in [4.69, 9.17) is 23.2 Å². The summed E-state index contributed by atoms with van der Waals surface area (Å²) in [5, 5.41) is 6.03. The molecule has 0 radical (unpaired) electrons.